The summed E-state index contributed by atoms with van der Waals surface area (Å²) in [5.74, 6) is 3.35. The average Bonchev–Trinajstić information content (AvgIpc) is 2.89. The highest BCUT2D eigenvalue weighted by Gasteiger charge is 2.34. The van der Waals surface area contributed by atoms with Gasteiger partial charge in [0.1, 0.15) is 5.76 Å². The van der Waals surface area contributed by atoms with Crippen LogP contribution in [0.4, 0.5) is 0 Å². The minimum atomic E-state index is 0.799. The van der Waals surface area contributed by atoms with E-state index in [1.807, 2.05) is 6.08 Å². The molecule has 1 fully saturated rings. The summed E-state index contributed by atoms with van der Waals surface area (Å²) >= 11 is 0. The minimum Gasteiger partial charge on any atom is -0.494 e. The first-order valence-corrected chi connectivity index (χ1v) is 6.09. The predicted octanol–water partition coefficient (Wildman–Crippen LogP) is 3.86. The van der Waals surface area contributed by atoms with Gasteiger partial charge in [-0.15, -0.1) is 0 Å². The molecule has 16 heavy (non-hydrogen) atoms. The zero-order chi connectivity index (χ0) is 11.4. The smallest absolute Gasteiger partial charge is 0.118 e. The van der Waals surface area contributed by atoms with Gasteiger partial charge >= 0.3 is 0 Å². The van der Waals surface area contributed by atoms with Crippen molar-refractivity contribution in [2.45, 2.75) is 19.3 Å². The first kappa shape index (κ1) is 11.3. The maximum Gasteiger partial charge on any atom is 0.118 e. The molecule has 2 rings (SSSR count). The number of fused-ring (bicyclic) bond motifs is 2. The van der Waals surface area contributed by atoms with Gasteiger partial charge in [-0.05, 0) is 49.2 Å². The highest BCUT2D eigenvalue weighted by molar-refractivity contribution is 5.14. The van der Waals surface area contributed by atoms with Gasteiger partial charge in [0.15, 0.2) is 0 Å². The summed E-state index contributed by atoms with van der Waals surface area (Å²) in [5.41, 5.74) is 0. The van der Waals surface area contributed by atoms with Crippen molar-refractivity contribution in [3.63, 3.8) is 0 Å². The molecule has 0 aromatic heterocycles. The van der Waals surface area contributed by atoms with E-state index in [-0.39, 0.29) is 0 Å². The van der Waals surface area contributed by atoms with E-state index in [1.165, 1.54) is 12.8 Å². The second kappa shape index (κ2) is 5.20. The Morgan fingerprint density at radius 2 is 2.19 bits per heavy atom. The summed E-state index contributed by atoms with van der Waals surface area (Å²) in [5, 5.41) is 0. The third kappa shape index (κ3) is 2.46. The lowest BCUT2D eigenvalue weighted by atomic mass is 9.91. The van der Waals surface area contributed by atoms with Gasteiger partial charge in [-0.2, -0.15) is 0 Å². The van der Waals surface area contributed by atoms with Crippen molar-refractivity contribution in [2.75, 3.05) is 6.61 Å². The molecule has 0 N–H and O–H groups in total. The molecule has 3 atom stereocenters. The second-order valence-corrected chi connectivity index (χ2v) is 4.69. The zero-order valence-corrected chi connectivity index (χ0v) is 9.77. The van der Waals surface area contributed by atoms with Crippen molar-refractivity contribution < 1.29 is 4.74 Å². The molecule has 0 radical (unpaired) electrons. The van der Waals surface area contributed by atoms with Crippen LogP contribution >= 0.6 is 0 Å². The van der Waals surface area contributed by atoms with Crippen LogP contribution in [0.15, 0.2) is 49.3 Å². The van der Waals surface area contributed by atoms with E-state index < -0.39 is 0 Å². The third-order valence-electron chi connectivity index (χ3n) is 3.66. The predicted molar refractivity (Wildman–Crippen MR) is 67.9 cm³/mol. The molecule has 1 saturated carbocycles. The fraction of sp³-hybridized carbons (Fsp3) is 0.467. The molecule has 0 spiro atoms. The molecule has 0 heterocycles. The average molecular weight is 216 g/mol. The Kier molecular flexibility index (Phi) is 3.66. The first-order chi connectivity index (χ1) is 7.83. The number of hydrogen-bond donors (Lipinski definition) is 0. The minimum absolute atomic E-state index is 0.799. The topological polar surface area (TPSA) is 9.23 Å². The highest BCUT2D eigenvalue weighted by Crippen LogP contribution is 2.44. The van der Waals surface area contributed by atoms with E-state index in [4.69, 9.17) is 4.74 Å². The Morgan fingerprint density at radius 1 is 1.31 bits per heavy atom. The van der Waals surface area contributed by atoms with Crippen LogP contribution in [0.2, 0.25) is 0 Å². The van der Waals surface area contributed by atoms with Crippen LogP contribution in [0.25, 0.3) is 0 Å². The van der Waals surface area contributed by atoms with Gasteiger partial charge in [0.05, 0.1) is 6.61 Å². The lowest BCUT2D eigenvalue weighted by Crippen LogP contribution is -2.10. The molecule has 1 nitrogen and oxygen atoms in total. The van der Waals surface area contributed by atoms with Gasteiger partial charge in [0.2, 0.25) is 0 Å². The summed E-state index contributed by atoms with van der Waals surface area (Å²) in [6.45, 7) is 8.17. The molecule has 86 valence electrons. The van der Waals surface area contributed by atoms with Crippen LogP contribution in [0, 0.1) is 17.8 Å². The normalized spacial score (nSPS) is 31.8. The monoisotopic (exact) mass is 216 g/mol. The van der Waals surface area contributed by atoms with Crippen molar-refractivity contribution in [1.82, 2.24) is 0 Å². The largest absolute Gasteiger partial charge is 0.494 e. The van der Waals surface area contributed by atoms with Gasteiger partial charge in [-0.25, -0.2) is 0 Å². The van der Waals surface area contributed by atoms with E-state index >= 15 is 0 Å². The molecule has 0 amide bonds. The van der Waals surface area contributed by atoms with Crippen LogP contribution in [0.3, 0.4) is 0 Å². The molecular weight excluding hydrogens is 196 g/mol. The molecular formula is C15H20O. The lowest BCUT2D eigenvalue weighted by Gasteiger charge is -2.18. The molecule has 2 bridgehead atoms. The summed E-state index contributed by atoms with van der Waals surface area (Å²) in [6.07, 6.45) is 14.0. The van der Waals surface area contributed by atoms with Crippen LogP contribution in [0.1, 0.15) is 19.3 Å². The van der Waals surface area contributed by atoms with Crippen molar-refractivity contribution in [3.8, 4) is 0 Å². The third-order valence-corrected chi connectivity index (χ3v) is 3.66. The highest BCUT2D eigenvalue weighted by atomic mass is 16.5. The molecule has 2 aliphatic carbocycles. The van der Waals surface area contributed by atoms with E-state index in [0.717, 1.165) is 36.5 Å². The van der Waals surface area contributed by atoms with E-state index in [2.05, 4.69) is 25.3 Å². The van der Waals surface area contributed by atoms with Crippen LogP contribution in [-0.2, 0) is 4.74 Å². The van der Waals surface area contributed by atoms with Crippen LogP contribution in [-0.4, -0.2) is 6.61 Å². The van der Waals surface area contributed by atoms with Crippen molar-refractivity contribution in [3.05, 3.63) is 49.3 Å². The fourth-order valence-electron chi connectivity index (χ4n) is 2.85. The van der Waals surface area contributed by atoms with Crippen LogP contribution < -0.4 is 0 Å². The van der Waals surface area contributed by atoms with Crippen molar-refractivity contribution >= 4 is 0 Å². The van der Waals surface area contributed by atoms with E-state index in [9.17, 15) is 0 Å². The standard InChI is InChI=1S/C15H20O/c1-3-5-15(4-2)16-9-8-14-11-12-6-7-13(14)10-12/h3-7,12-14H,1-2,8-11H2/b15-5+. The molecule has 0 saturated heterocycles. The first-order valence-electron chi connectivity index (χ1n) is 6.09. The van der Waals surface area contributed by atoms with Gasteiger partial charge in [-0.3, -0.25) is 0 Å². The summed E-state index contributed by atoms with van der Waals surface area (Å²) in [7, 11) is 0. The van der Waals surface area contributed by atoms with Gasteiger partial charge in [-0.1, -0.05) is 31.4 Å². The quantitative estimate of drug-likeness (QED) is 0.372. The fourth-order valence-corrected chi connectivity index (χ4v) is 2.85. The van der Waals surface area contributed by atoms with Gasteiger partial charge in [0.25, 0.3) is 0 Å². The SMILES string of the molecule is C=C/C=C(\C=C)OCCC1CC2C=CC1C2. The molecule has 0 aliphatic heterocycles. The van der Waals surface area contributed by atoms with Crippen LogP contribution in [0.5, 0.6) is 0 Å². The Morgan fingerprint density at radius 3 is 2.75 bits per heavy atom. The number of ether oxygens (including phenoxy) is 1. The van der Waals surface area contributed by atoms with Gasteiger partial charge in [0, 0.05) is 0 Å². The summed E-state index contributed by atoms with van der Waals surface area (Å²) < 4.78 is 5.65. The number of hydrogen-bond acceptors (Lipinski definition) is 1. The van der Waals surface area contributed by atoms with E-state index in [1.54, 1.807) is 12.2 Å². The Balaban J connectivity index is 1.72. The molecule has 1 heteroatoms. The zero-order valence-electron chi connectivity index (χ0n) is 9.77. The van der Waals surface area contributed by atoms with Crippen molar-refractivity contribution in [2.24, 2.45) is 17.8 Å². The molecule has 2 aliphatic rings. The molecule has 0 aromatic carbocycles. The van der Waals surface area contributed by atoms with Gasteiger partial charge < -0.3 is 4.74 Å². The molecule has 0 aromatic rings. The summed E-state index contributed by atoms with van der Waals surface area (Å²) in [4.78, 5) is 0. The lowest BCUT2D eigenvalue weighted by molar-refractivity contribution is 0.193. The number of allylic oxidation sites excluding steroid dienone is 5. The Labute approximate surface area is 98.2 Å². The second-order valence-electron chi connectivity index (χ2n) is 4.69. The molecule has 3 unspecified atom stereocenters. The maximum atomic E-state index is 5.65. The summed E-state index contributed by atoms with van der Waals surface area (Å²) in [6, 6.07) is 0. The Bertz CT molecular complexity index is 324. The Hall–Kier alpha value is -1.24. The number of rotatable bonds is 6. The van der Waals surface area contributed by atoms with Crippen molar-refractivity contribution in [1.29, 1.82) is 0 Å². The van der Waals surface area contributed by atoms with E-state index in [0.29, 0.717) is 0 Å². The maximum absolute atomic E-state index is 5.65.